The Kier molecular flexibility index (Phi) is 3.53. The number of nitrogens with one attached hydrogen (secondary N) is 2. The molecule has 3 aromatic rings. The number of aromatic nitrogens is 1. The standard InChI is InChI=1S/C15H12FN3OS/c1-9-4-2-5-10(8-9)17-14(20)19-15-18-13-11(16)6-3-7-12(13)21-15/h2-8H,1H3,(H2,17,18,19,20). The minimum absolute atomic E-state index is 0.272. The van der Waals surface area contributed by atoms with Gasteiger partial charge in [-0.25, -0.2) is 14.2 Å². The quantitative estimate of drug-likeness (QED) is 0.737. The Morgan fingerprint density at radius 2 is 2.00 bits per heavy atom. The third-order valence-electron chi connectivity index (χ3n) is 2.87. The number of amides is 2. The molecule has 1 heterocycles. The van der Waals surface area contributed by atoms with Gasteiger partial charge in [-0.3, -0.25) is 5.32 Å². The number of urea groups is 1. The summed E-state index contributed by atoms with van der Waals surface area (Å²) < 4.78 is 14.2. The van der Waals surface area contributed by atoms with Gasteiger partial charge in [-0.15, -0.1) is 0 Å². The van der Waals surface area contributed by atoms with Crippen LogP contribution in [0.1, 0.15) is 5.56 Å². The van der Waals surface area contributed by atoms with Crippen LogP contribution < -0.4 is 10.6 Å². The number of hydrogen-bond donors (Lipinski definition) is 2. The molecule has 0 saturated carbocycles. The molecule has 1 aromatic heterocycles. The first kappa shape index (κ1) is 13.5. The first-order valence-corrected chi connectivity index (χ1v) is 7.13. The van der Waals surface area contributed by atoms with E-state index < -0.39 is 11.8 Å². The lowest BCUT2D eigenvalue weighted by atomic mass is 10.2. The fraction of sp³-hybridized carbons (Fsp3) is 0.0667. The normalized spacial score (nSPS) is 10.6. The van der Waals surface area contributed by atoms with E-state index in [1.807, 2.05) is 25.1 Å². The molecule has 21 heavy (non-hydrogen) atoms. The molecule has 106 valence electrons. The van der Waals surface area contributed by atoms with Crippen LogP contribution in [-0.4, -0.2) is 11.0 Å². The first-order chi connectivity index (χ1) is 10.1. The topological polar surface area (TPSA) is 54.0 Å². The Morgan fingerprint density at radius 1 is 1.19 bits per heavy atom. The van der Waals surface area contributed by atoms with Crippen molar-refractivity contribution in [2.24, 2.45) is 0 Å². The van der Waals surface area contributed by atoms with Crippen LogP contribution in [0.15, 0.2) is 42.5 Å². The summed E-state index contributed by atoms with van der Waals surface area (Å²) in [4.78, 5) is 16.0. The van der Waals surface area contributed by atoms with E-state index >= 15 is 0 Å². The zero-order valence-corrected chi connectivity index (χ0v) is 12.0. The molecule has 0 fully saturated rings. The largest absolute Gasteiger partial charge is 0.325 e. The highest BCUT2D eigenvalue weighted by molar-refractivity contribution is 7.22. The molecule has 0 saturated heterocycles. The lowest BCUT2D eigenvalue weighted by molar-refractivity contribution is 0.262. The molecule has 3 rings (SSSR count). The van der Waals surface area contributed by atoms with Crippen LogP contribution >= 0.6 is 11.3 Å². The first-order valence-electron chi connectivity index (χ1n) is 6.31. The van der Waals surface area contributed by atoms with Crippen LogP contribution in [0.2, 0.25) is 0 Å². The number of fused-ring (bicyclic) bond motifs is 1. The van der Waals surface area contributed by atoms with E-state index in [4.69, 9.17) is 0 Å². The number of carbonyl (C=O) groups is 1. The van der Waals surface area contributed by atoms with Crippen molar-refractivity contribution in [2.75, 3.05) is 10.6 Å². The van der Waals surface area contributed by atoms with Crippen LogP contribution in [0, 0.1) is 12.7 Å². The molecule has 0 aliphatic rings. The van der Waals surface area contributed by atoms with Crippen molar-refractivity contribution >= 4 is 38.4 Å². The van der Waals surface area contributed by atoms with E-state index in [1.165, 1.54) is 17.4 Å². The maximum atomic E-state index is 13.5. The van der Waals surface area contributed by atoms with Gasteiger partial charge in [0.25, 0.3) is 0 Å². The van der Waals surface area contributed by atoms with Gasteiger partial charge in [0.1, 0.15) is 11.3 Å². The predicted octanol–water partition coefficient (Wildman–Crippen LogP) is 4.39. The van der Waals surface area contributed by atoms with Gasteiger partial charge in [0.2, 0.25) is 0 Å². The van der Waals surface area contributed by atoms with Crippen LogP contribution in [0.3, 0.4) is 0 Å². The number of benzene rings is 2. The van der Waals surface area contributed by atoms with E-state index in [9.17, 15) is 9.18 Å². The summed E-state index contributed by atoms with van der Waals surface area (Å²) in [5.74, 6) is -0.393. The summed E-state index contributed by atoms with van der Waals surface area (Å²) >= 11 is 1.23. The van der Waals surface area contributed by atoms with Gasteiger partial charge in [0.15, 0.2) is 5.13 Å². The van der Waals surface area contributed by atoms with Crippen LogP contribution in [0.5, 0.6) is 0 Å². The van der Waals surface area contributed by atoms with Crippen molar-refractivity contribution in [3.8, 4) is 0 Å². The summed E-state index contributed by atoms with van der Waals surface area (Å²) in [6.45, 7) is 1.94. The predicted molar refractivity (Wildman–Crippen MR) is 83.4 cm³/mol. The number of halogens is 1. The summed E-state index contributed by atoms with van der Waals surface area (Å²) in [5.41, 5.74) is 2.02. The maximum Gasteiger partial charge on any atom is 0.325 e. The van der Waals surface area contributed by atoms with Crippen molar-refractivity contribution in [1.82, 2.24) is 4.98 Å². The van der Waals surface area contributed by atoms with Crippen LogP contribution in [0.4, 0.5) is 20.0 Å². The lowest BCUT2D eigenvalue weighted by Gasteiger charge is -2.05. The van der Waals surface area contributed by atoms with Gasteiger partial charge >= 0.3 is 6.03 Å². The van der Waals surface area contributed by atoms with Crippen LogP contribution in [-0.2, 0) is 0 Å². The fourth-order valence-electron chi connectivity index (χ4n) is 1.95. The molecule has 0 aliphatic carbocycles. The van der Waals surface area contributed by atoms with E-state index in [0.717, 1.165) is 5.56 Å². The molecule has 6 heteroatoms. The molecule has 0 radical (unpaired) electrons. The van der Waals surface area contributed by atoms with Crippen molar-refractivity contribution < 1.29 is 9.18 Å². The highest BCUT2D eigenvalue weighted by Gasteiger charge is 2.10. The average molecular weight is 301 g/mol. The van der Waals surface area contributed by atoms with E-state index in [-0.39, 0.29) is 5.52 Å². The highest BCUT2D eigenvalue weighted by atomic mass is 32.1. The molecular weight excluding hydrogens is 289 g/mol. The number of para-hydroxylation sites is 1. The summed E-state index contributed by atoms with van der Waals surface area (Å²) in [6.07, 6.45) is 0. The number of carbonyl (C=O) groups excluding carboxylic acids is 1. The molecule has 2 N–H and O–H groups in total. The Bertz CT molecular complexity index is 816. The molecule has 0 bridgehead atoms. The van der Waals surface area contributed by atoms with Gasteiger partial charge in [0.05, 0.1) is 4.70 Å². The molecule has 0 atom stereocenters. The van der Waals surface area contributed by atoms with E-state index in [2.05, 4.69) is 15.6 Å². The van der Waals surface area contributed by atoms with E-state index in [1.54, 1.807) is 18.2 Å². The second-order valence-electron chi connectivity index (χ2n) is 4.55. The van der Waals surface area contributed by atoms with E-state index in [0.29, 0.717) is 15.5 Å². The lowest BCUT2D eigenvalue weighted by Crippen LogP contribution is -2.19. The van der Waals surface area contributed by atoms with Crippen molar-refractivity contribution in [2.45, 2.75) is 6.92 Å². The van der Waals surface area contributed by atoms with Gasteiger partial charge < -0.3 is 5.32 Å². The smallest absolute Gasteiger partial charge is 0.308 e. The number of aryl methyl sites for hydroxylation is 1. The Balaban J connectivity index is 1.75. The molecule has 0 unspecified atom stereocenters. The van der Waals surface area contributed by atoms with Crippen LogP contribution in [0.25, 0.3) is 10.2 Å². The number of rotatable bonds is 2. The molecular formula is C15H12FN3OS. The summed E-state index contributed by atoms with van der Waals surface area (Å²) in [5, 5.41) is 5.69. The zero-order chi connectivity index (χ0) is 14.8. The Labute approximate surface area is 124 Å². The number of nitrogens with zero attached hydrogens (tertiary/aromatic N) is 1. The molecule has 0 spiro atoms. The highest BCUT2D eigenvalue weighted by Crippen LogP contribution is 2.27. The third-order valence-corrected chi connectivity index (χ3v) is 3.80. The van der Waals surface area contributed by atoms with Gasteiger partial charge in [-0.1, -0.05) is 29.5 Å². The minimum atomic E-state index is -0.403. The number of thiazole rings is 1. The zero-order valence-electron chi connectivity index (χ0n) is 11.2. The minimum Gasteiger partial charge on any atom is -0.308 e. The summed E-state index contributed by atoms with van der Waals surface area (Å²) in [7, 11) is 0. The Morgan fingerprint density at radius 3 is 2.76 bits per heavy atom. The average Bonchev–Trinajstić information content (AvgIpc) is 2.82. The monoisotopic (exact) mass is 301 g/mol. The number of hydrogen-bond acceptors (Lipinski definition) is 3. The molecule has 4 nitrogen and oxygen atoms in total. The van der Waals surface area contributed by atoms with Gasteiger partial charge in [-0.05, 0) is 36.8 Å². The van der Waals surface area contributed by atoms with Gasteiger partial charge in [-0.2, -0.15) is 0 Å². The second kappa shape index (κ2) is 5.49. The SMILES string of the molecule is Cc1cccc(NC(=O)Nc2nc3c(F)cccc3s2)c1. The van der Waals surface area contributed by atoms with Crippen molar-refractivity contribution in [1.29, 1.82) is 0 Å². The molecule has 2 aromatic carbocycles. The molecule has 2 amide bonds. The molecule has 0 aliphatic heterocycles. The maximum absolute atomic E-state index is 13.5. The van der Waals surface area contributed by atoms with Crippen molar-refractivity contribution in [3.63, 3.8) is 0 Å². The van der Waals surface area contributed by atoms with Gasteiger partial charge in [0, 0.05) is 5.69 Å². The summed E-state index contributed by atoms with van der Waals surface area (Å²) in [6, 6.07) is 11.8. The van der Waals surface area contributed by atoms with Crippen molar-refractivity contribution in [3.05, 3.63) is 53.8 Å². The third kappa shape index (κ3) is 3.00. The number of anilines is 2. The fourth-order valence-corrected chi connectivity index (χ4v) is 2.83. The second-order valence-corrected chi connectivity index (χ2v) is 5.58. The Hall–Kier alpha value is -2.47.